The van der Waals surface area contributed by atoms with Gasteiger partial charge in [-0.05, 0) is 38.0 Å². The predicted molar refractivity (Wildman–Crippen MR) is 126 cm³/mol. The first-order valence-electron chi connectivity index (χ1n) is 11.9. The molecule has 5 nitrogen and oxygen atoms in total. The second-order valence-electron chi connectivity index (χ2n) is 9.59. The monoisotopic (exact) mass is 447 g/mol. The molecule has 1 unspecified atom stereocenters. The van der Waals surface area contributed by atoms with E-state index in [1.807, 2.05) is 41.8 Å². The molecular weight excluding hydrogens is 417 g/mol. The molecule has 0 saturated heterocycles. The Morgan fingerprint density at radius 3 is 2.52 bits per heavy atom. The molecule has 0 radical (unpaired) electrons. The van der Waals surface area contributed by atoms with Crippen LogP contribution >= 0.6 is 0 Å². The molecule has 1 aromatic heterocycles. The highest BCUT2D eigenvalue weighted by molar-refractivity contribution is 6.03. The Kier molecular flexibility index (Phi) is 5.69. The molecule has 1 aliphatic heterocycles. The van der Waals surface area contributed by atoms with Crippen molar-refractivity contribution in [3.05, 3.63) is 71.7 Å². The van der Waals surface area contributed by atoms with Crippen LogP contribution in [0, 0.1) is 5.82 Å². The summed E-state index contributed by atoms with van der Waals surface area (Å²) in [4.78, 5) is 29.1. The van der Waals surface area contributed by atoms with E-state index in [9.17, 15) is 14.0 Å². The second-order valence-corrected chi connectivity index (χ2v) is 9.59. The third kappa shape index (κ3) is 3.92. The van der Waals surface area contributed by atoms with E-state index in [0.29, 0.717) is 17.8 Å². The zero-order valence-electron chi connectivity index (χ0n) is 19.0. The molecule has 2 heterocycles. The maximum atomic E-state index is 14.6. The SMILES string of the molecule is CC1(C(=O)NC2CCCCCC2)Cn2c(cc3ccccc32)C(=O)N1Cc1ccccc1F. The number of nitrogens with zero attached hydrogens (tertiary/aromatic N) is 2. The number of carbonyl (C=O) groups is 2. The molecule has 1 atom stereocenters. The first kappa shape index (κ1) is 21.7. The van der Waals surface area contributed by atoms with Gasteiger partial charge in [0.05, 0.1) is 13.1 Å². The highest BCUT2D eigenvalue weighted by atomic mass is 19.1. The third-order valence-electron chi connectivity index (χ3n) is 7.30. The van der Waals surface area contributed by atoms with Gasteiger partial charge in [0, 0.05) is 22.5 Å². The summed E-state index contributed by atoms with van der Waals surface area (Å²) in [7, 11) is 0. The van der Waals surface area contributed by atoms with Crippen molar-refractivity contribution in [3.8, 4) is 0 Å². The molecule has 2 amide bonds. The van der Waals surface area contributed by atoms with Gasteiger partial charge in [-0.2, -0.15) is 0 Å². The van der Waals surface area contributed by atoms with Crippen LogP contribution in [0.1, 0.15) is 61.5 Å². The number of fused-ring (bicyclic) bond motifs is 3. The molecule has 1 aliphatic carbocycles. The molecule has 6 heteroatoms. The van der Waals surface area contributed by atoms with E-state index in [1.54, 1.807) is 23.1 Å². The molecule has 172 valence electrons. The summed E-state index contributed by atoms with van der Waals surface area (Å²) in [5.74, 6) is -0.787. The molecule has 1 fully saturated rings. The summed E-state index contributed by atoms with van der Waals surface area (Å²) in [6.45, 7) is 2.19. The van der Waals surface area contributed by atoms with E-state index >= 15 is 0 Å². The van der Waals surface area contributed by atoms with E-state index in [2.05, 4.69) is 5.32 Å². The number of amides is 2. The van der Waals surface area contributed by atoms with E-state index < -0.39 is 5.54 Å². The van der Waals surface area contributed by atoms with Crippen LogP contribution in [-0.2, 0) is 17.9 Å². The lowest BCUT2D eigenvalue weighted by atomic mass is 9.93. The molecule has 2 aliphatic rings. The van der Waals surface area contributed by atoms with Gasteiger partial charge in [-0.15, -0.1) is 0 Å². The minimum atomic E-state index is -1.14. The van der Waals surface area contributed by atoms with Crippen molar-refractivity contribution < 1.29 is 14.0 Å². The van der Waals surface area contributed by atoms with E-state index in [1.165, 1.54) is 18.9 Å². The highest BCUT2D eigenvalue weighted by Crippen LogP contribution is 2.34. The summed E-state index contributed by atoms with van der Waals surface area (Å²) in [6.07, 6.45) is 6.51. The zero-order valence-corrected chi connectivity index (χ0v) is 19.0. The first-order valence-corrected chi connectivity index (χ1v) is 11.9. The van der Waals surface area contributed by atoms with Gasteiger partial charge < -0.3 is 14.8 Å². The van der Waals surface area contributed by atoms with Crippen LogP contribution in [0.4, 0.5) is 4.39 Å². The van der Waals surface area contributed by atoms with Gasteiger partial charge in [0.2, 0.25) is 5.91 Å². The van der Waals surface area contributed by atoms with Crippen molar-refractivity contribution in [2.24, 2.45) is 0 Å². The second kappa shape index (κ2) is 8.65. The number of halogens is 1. The standard InChI is InChI=1S/C27H30FN3O2/c1-27(26(33)29-21-12-4-2-3-5-13-21)18-30-23-15-9-7-10-19(23)16-24(30)25(32)31(27)17-20-11-6-8-14-22(20)28/h6-11,14-16,21H,2-5,12-13,17-18H2,1H3,(H,29,33). The minimum Gasteiger partial charge on any atom is -0.351 e. The van der Waals surface area contributed by atoms with Crippen LogP contribution in [0.5, 0.6) is 0 Å². The van der Waals surface area contributed by atoms with Crippen molar-refractivity contribution in [3.63, 3.8) is 0 Å². The van der Waals surface area contributed by atoms with Crippen LogP contribution in [0.15, 0.2) is 54.6 Å². The number of hydrogen-bond acceptors (Lipinski definition) is 2. The maximum Gasteiger partial charge on any atom is 0.271 e. The molecule has 1 saturated carbocycles. The molecule has 33 heavy (non-hydrogen) atoms. The fraction of sp³-hybridized carbons (Fsp3) is 0.407. The van der Waals surface area contributed by atoms with Crippen LogP contribution in [0.2, 0.25) is 0 Å². The Morgan fingerprint density at radius 2 is 1.76 bits per heavy atom. The lowest BCUT2D eigenvalue weighted by Crippen LogP contribution is -2.64. The quantitative estimate of drug-likeness (QED) is 0.570. The van der Waals surface area contributed by atoms with Crippen LogP contribution < -0.4 is 5.32 Å². The fourth-order valence-electron chi connectivity index (χ4n) is 5.32. The lowest BCUT2D eigenvalue weighted by Gasteiger charge is -2.44. The van der Waals surface area contributed by atoms with Crippen molar-refractivity contribution in [2.75, 3.05) is 0 Å². The molecule has 3 aromatic rings. The van der Waals surface area contributed by atoms with Crippen molar-refractivity contribution in [2.45, 2.75) is 70.1 Å². The van der Waals surface area contributed by atoms with Gasteiger partial charge in [0.25, 0.3) is 5.91 Å². The third-order valence-corrected chi connectivity index (χ3v) is 7.30. The van der Waals surface area contributed by atoms with Gasteiger partial charge in [0.1, 0.15) is 17.1 Å². The number of para-hydroxylation sites is 1. The number of rotatable bonds is 4. The number of benzene rings is 2. The number of hydrogen-bond donors (Lipinski definition) is 1. The summed E-state index contributed by atoms with van der Waals surface area (Å²) < 4.78 is 16.5. The van der Waals surface area contributed by atoms with Gasteiger partial charge in [-0.3, -0.25) is 9.59 Å². The van der Waals surface area contributed by atoms with Crippen molar-refractivity contribution in [1.29, 1.82) is 0 Å². The maximum absolute atomic E-state index is 14.6. The number of carbonyl (C=O) groups excluding carboxylic acids is 2. The molecule has 1 N–H and O–H groups in total. The summed E-state index contributed by atoms with van der Waals surface area (Å²) in [6, 6.07) is 16.3. The van der Waals surface area contributed by atoms with Gasteiger partial charge >= 0.3 is 0 Å². The Balaban J connectivity index is 1.55. The minimum absolute atomic E-state index is 0.0433. The first-order chi connectivity index (χ1) is 16.0. The largest absolute Gasteiger partial charge is 0.351 e. The molecule has 0 bridgehead atoms. The Hall–Kier alpha value is -3.15. The highest BCUT2D eigenvalue weighted by Gasteiger charge is 2.48. The lowest BCUT2D eigenvalue weighted by molar-refractivity contribution is -0.134. The molecule has 2 aromatic carbocycles. The number of nitrogens with one attached hydrogen (secondary N) is 1. The smallest absolute Gasteiger partial charge is 0.271 e. The normalized spacial score (nSPS) is 21.6. The van der Waals surface area contributed by atoms with E-state index in [4.69, 9.17) is 0 Å². The summed E-state index contributed by atoms with van der Waals surface area (Å²) in [5, 5.41) is 4.21. The molecule has 5 rings (SSSR count). The predicted octanol–water partition coefficient (Wildman–Crippen LogP) is 5.03. The zero-order chi connectivity index (χ0) is 23.0. The summed E-state index contributed by atoms with van der Waals surface area (Å²) in [5.41, 5.74) is 0.733. The molecular formula is C27H30FN3O2. The van der Waals surface area contributed by atoms with Crippen LogP contribution in [-0.4, -0.2) is 32.9 Å². The van der Waals surface area contributed by atoms with Gasteiger partial charge in [-0.25, -0.2) is 4.39 Å². The Morgan fingerprint density at radius 1 is 1.06 bits per heavy atom. The van der Waals surface area contributed by atoms with Crippen LogP contribution in [0.25, 0.3) is 10.9 Å². The molecule has 0 spiro atoms. The topological polar surface area (TPSA) is 54.3 Å². The number of aromatic nitrogens is 1. The average molecular weight is 448 g/mol. The van der Waals surface area contributed by atoms with E-state index in [-0.39, 0.29) is 30.2 Å². The van der Waals surface area contributed by atoms with Crippen molar-refractivity contribution in [1.82, 2.24) is 14.8 Å². The Bertz CT molecular complexity index is 1200. The van der Waals surface area contributed by atoms with Crippen LogP contribution in [0.3, 0.4) is 0 Å². The van der Waals surface area contributed by atoms with Crippen molar-refractivity contribution >= 4 is 22.7 Å². The van der Waals surface area contributed by atoms with Gasteiger partial charge in [-0.1, -0.05) is 62.1 Å². The van der Waals surface area contributed by atoms with Gasteiger partial charge in [0.15, 0.2) is 0 Å². The average Bonchev–Trinajstić information content (AvgIpc) is 2.98. The van der Waals surface area contributed by atoms with E-state index in [0.717, 1.165) is 36.6 Å². The fourth-order valence-corrected chi connectivity index (χ4v) is 5.32. The summed E-state index contributed by atoms with van der Waals surface area (Å²) >= 11 is 0. The Labute approximate surface area is 193 Å².